The summed E-state index contributed by atoms with van der Waals surface area (Å²) in [4.78, 5) is 14.9. The lowest BCUT2D eigenvalue weighted by Gasteiger charge is -2.32. The van der Waals surface area contributed by atoms with E-state index in [0.29, 0.717) is 11.8 Å². The molecule has 144 valence electrons. The summed E-state index contributed by atoms with van der Waals surface area (Å²) >= 11 is 1.44. The van der Waals surface area contributed by atoms with Crippen molar-refractivity contribution in [3.63, 3.8) is 0 Å². The van der Waals surface area contributed by atoms with Crippen molar-refractivity contribution in [1.82, 2.24) is 25.0 Å². The number of hydrogen-bond acceptors (Lipinski definition) is 5. The summed E-state index contributed by atoms with van der Waals surface area (Å²) in [5.74, 6) is 1.29. The quantitative estimate of drug-likeness (QED) is 0.775. The molecule has 0 unspecified atom stereocenters. The summed E-state index contributed by atoms with van der Waals surface area (Å²) in [6.07, 6.45) is 4.84. The number of hydrogen-bond donors (Lipinski definition) is 1. The Morgan fingerprint density at radius 1 is 1.15 bits per heavy atom. The van der Waals surface area contributed by atoms with Gasteiger partial charge in [-0.3, -0.25) is 4.79 Å². The second-order valence-electron chi connectivity index (χ2n) is 7.63. The van der Waals surface area contributed by atoms with E-state index in [4.69, 9.17) is 0 Å². The molecule has 0 bridgehead atoms. The van der Waals surface area contributed by atoms with Crippen LogP contribution in [0.4, 0.5) is 0 Å². The summed E-state index contributed by atoms with van der Waals surface area (Å²) in [6.45, 7) is 4.30. The fourth-order valence-corrected chi connectivity index (χ4v) is 4.36. The highest BCUT2D eigenvalue weighted by Crippen LogP contribution is 2.29. The third kappa shape index (κ3) is 4.52. The highest BCUT2D eigenvalue weighted by atomic mass is 32.2. The molecular formula is C20H27N5OS. The summed E-state index contributed by atoms with van der Waals surface area (Å²) in [5.41, 5.74) is 2.25. The molecule has 1 amide bonds. The van der Waals surface area contributed by atoms with Crippen LogP contribution in [0.1, 0.15) is 31.2 Å². The number of benzene rings is 1. The largest absolute Gasteiger partial charge is 0.353 e. The molecule has 7 heteroatoms. The number of carbonyl (C=O) groups excluding carboxylic acids is 1. The minimum Gasteiger partial charge on any atom is -0.353 e. The van der Waals surface area contributed by atoms with E-state index < -0.39 is 0 Å². The smallest absolute Gasteiger partial charge is 0.230 e. The zero-order chi connectivity index (χ0) is 18.8. The molecule has 27 heavy (non-hydrogen) atoms. The molecular weight excluding hydrogens is 358 g/mol. The van der Waals surface area contributed by atoms with Gasteiger partial charge in [-0.25, -0.2) is 0 Å². The molecule has 0 atom stereocenters. The lowest BCUT2D eigenvalue weighted by atomic mass is 10.1. The van der Waals surface area contributed by atoms with Gasteiger partial charge < -0.3 is 14.8 Å². The van der Waals surface area contributed by atoms with Crippen LogP contribution in [0, 0.1) is 6.92 Å². The van der Waals surface area contributed by atoms with Gasteiger partial charge >= 0.3 is 0 Å². The van der Waals surface area contributed by atoms with Gasteiger partial charge in [0.25, 0.3) is 0 Å². The van der Waals surface area contributed by atoms with Gasteiger partial charge in [0.15, 0.2) is 11.0 Å². The van der Waals surface area contributed by atoms with Crippen LogP contribution in [-0.4, -0.2) is 56.5 Å². The molecule has 4 rings (SSSR count). The third-order valence-corrected chi connectivity index (χ3v) is 6.46. The number of aromatic nitrogens is 3. The van der Waals surface area contributed by atoms with E-state index in [2.05, 4.69) is 51.6 Å². The minimum absolute atomic E-state index is 0.0877. The van der Waals surface area contributed by atoms with E-state index in [1.807, 2.05) is 11.6 Å². The number of likely N-dealkylation sites (tertiary alicyclic amines) is 1. The fraction of sp³-hybridized carbons (Fsp3) is 0.550. The Labute approximate surface area is 164 Å². The number of amides is 1. The Hall–Kier alpha value is -1.86. The van der Waals surface area contributed by atoms with Crippen LogP contribution < -0.4 is 5.32 Å². The van der Waals surface area contributed by atoms with Crippen molar-refractivity contribution < 1.29 is 4.79 Å². The SMILES string of the molecule is Cc1ccc(-c2nnc(SCC(=O)NC3CCN(C4CC4)CC3)n2C)cc1. The number of thioether (sulfide) groups is 1. The predicted octanol–water partition coefficient (Wildman–Crippen LogP) is 2.63. The number of piperidine rings is 1. The predicted molar refractivity (Wildman–Crippen MR) is 108 cm³/mol. The van der Waals surface area contributed by atoms with E-state index >= 15 is 0 Å². The van der Waals surface area contributed by atoms with Crippen molar-refractivity contribution in [3.8, 4) is 11.4 Å². The normalized spacial score (nSPS) is 18.6. The first kappa shape index (κ1) is 18.5. The standard InChI is InChI=1S/C20H27N5OS/c1-14-3-5-15(6-4-14)19-22-23-20(24(19)2)27-13-18(26)21-16-9-11-25(12-10-16)17-7-8-17/h3-6,16-17H,7-13H2,1-2H3,(H,21,26). The van der Waals surface area contributed by atoms with Crippen LogP contribution in [0.25, 0.3) is 11.4 Å². The molecule has 1 saturated heterocycles. The summed E-state index contributed by atoms with van der Waals surface area (Å²) in [5, 5.41) is 12.5. The van der Waals surface area contributed by atoms with Crippen molar-refractivity contribution in [3.05, 3.63) is 29.8 Å². The van der Waals surface area contributed by atoms with Crippen molar-refractivity contribution >= 4 is 17.7 Å². The number of rotatable bonds is 6. The molecule has 2 aromatic rings. The minimum atomic E-state index is 0.0877. The molecule has 1 aromatic carbocycles. The maximum atomic E-state index is 12.3. The first-order chi connectivity index (χ1) is 13.1. The highest BCUT2D eigenvalue weighted by molar-refractivity contribution is 7.99. The van der Waals surface area contributed by atoms with Gasteiger partial charge in [0.1, 0.15) is 0 Å². The van der Waals surface area contributed by atoms with Crippen molar-refractivity contribution in [2.75, 3.05) is 18.8 Å². The Kier molecular flexibility index (Phi) is 5.50. The van der Waals surface area contributed by atoms with Crippen LogP contribution in [0.15, 0.2) is 29.4 Å². The fourth-order valence-electron chi connectivity index (χ4n) is 3.64. The van der Waals surface area contributed by atoms with Crippen LogP contribution >= 0.6 is 11.8 Å². The molecule has 0 radical (unpaired) electrons. The summed E-state index contributed by atoms with van der Waals surface area (Å²) in [6, 6.07) is 9.38. The molecule has 1 aromatic heterocycles. The highest BCUT2D eigenvalue weighted by Gasteiger charge is 2.32. The Bertz CT molecular complexity index is 791. The second kappa shape index (κ2) is 8.02. The third-order valence-electron chi connectivity index (χ3n) is 5.43. The maximum Gasteiger partial charge on any atom is 0.230 e. The van der Waals surface area contributed by atoms with Crippen molar-refractivity contribution in [1.29, 1.82) is 0 Å². The maximum absolute atomic E-state index is 12.3. The Morgan fingerprint density at radius 2 is 1.85 bits per heavy atom. The van der Waals surface area contributed by atoms with Crippen molar-refractivity contribution in [2.45, 2.75) is 49.8 Å². The zero-order valence-electron chi connectivity index (χ0n) is 16.0. The molecule has 2 fully saturated rings. The molecule has 1 N–H and O–H groups in total. The summed E-state index contributed by atoms with van der Waals surface area (Å²) < 4.78 is 1.96. The number of carbonyl (C=O) groups is 1. The molecule has 0 spiro atoms. The van der Waals surface area contributed by atoms with Crippen molar-refractivity contribution in [2.24, 2.45) is 7.05 Å². The van der Waals surface area contributed by atoms with Gasteiger partial charge in [-0.1, -0.05) is 41.6 Å². The van der Waals surface area contributed by atoms with Gasteiger partial charge in [0.2, 0.25) is 5.91 Å². The Balaban J connectivity index is 1.27. The van der Waals surface area contributed by atoms with E-state index in [9.17, 15) is 4.79 Å². The first-order valence-corrected chi connectivity index (χ1v) is 10.7. The lowest BCUT2D eigenvalue weighted by molar-refractivity contribution is -0.119. The zero-order valence-corrected chi connectivity index (χ0v) is 16.8. The summed E-state index contributed by atoms with van der Waals surface area (Å²) in [7, 11) is 1.95. The number of nitrogens with zero attached hydrogens (tertiary/aromatic N) is 4. The van der Waals surface area contributed by atoms with E-state index in [0.717, 1.165) is 48.5 Å². The van der Waals surface area contributed by atoms with Gasteiger partial charge in [-0.05, 0) is 32.6 Å². The van der Waals surface area contributed by atoms with Crippen LogP contribution in [0.5, 0.6) is 0 Å². The monoisotopic (exact) mass is 385 g/mol. The van der Waals surface area contributed by atoms with E-state index in [1.165, 1.54) is 30.2 Å². The average Bonchev–Trinajstić information content (AvgIpc) is 3.45. The first-order valence-electron chi connectivity index (χ1n) is 9.73. The Morgan fingerprint density at radius 3 is 2.52 bits per heavy atom. The average molecular weight is 386 g/mol. The molecule has 2 heterocycles. The second-order valence-corrected chi connectivity index (χ2v) is 8.57. The number of nitrogens with one attached hydrogen (secondary N) is 1. The molecule has 1 saturated carbocycles. The van der Waals surface area contributed by atoms with E-state index in [-0.39, 0.29) is 5.91 Å². The van der Waals surface area contributed by atoms with Crippen LogP contribution in [-0.2, 0) is 11.8 Å². The topological polar surface area (TPSA) is 63.1 Å². The molecule has 2 aliphatic rings. The molecule has 1 aliphatic heterocycles. The number of aryl methyl sites for hydroxylation is 1. The van der Waals surface area contributed by atoms with Gasteiger partial charge in [0.05, 0.1) is 5.75 Å². The molecule has 6 nitrogen and oxygen atoms in total. The van der Waals surface area contributed by atoms with Crippen LogP contribution in [0.3, 0.4) is 0 Å². The lowest BCUT2D eigenvalue weighted by Crippen LogP contribution is -2.45. The van der Waals surface area contributed by atoms with Gasteiger partial charge in [-0.2, -0.15) is 0 Å². The van der Waals surface area contributed by atoms with Gasteiger partial charge in [0, 0.05) is 37.8 Å². The van der Waals surface area contributed by atoms with Crippen LogP contribution in [0.2, 0.25) is 0 Å². The molecule has 1 aliphatic carbocycles. The van der Waals surface area contributed by atoms with E-state index in [1.54, 1.807) is 0 Å². The van der Waals surface area contributed by atoms with Gasteiger partial charge in [-0.15, -0.1) is 10.2 Å².